The van der Waals surface area contributed by atoms with Gasteiger partial charge in [0.25, 0.3) is 0 Å². The first kappa shape index (κ1) is 49.1. The average molecular weight is 800 g/mol. The van der Waals surface area contributed by atoms with Crippen LogP contribution in [-0.4, -0.2) is 56.8 Å². The summed E-state index contributed by atoms with van der Waals surface area (Å²) in [6, 6.07) is 13.2. The number of hydrogen-bond donors (Lipinski definition) is 4. The van der Waals surface area contributed by atoms with Gasteiger partial charge >= 0.3 is 49.4 Å². The van der Waals surface area contributed by atoms with E-state index in [0.717, 1.165) is 0 Å². The summed E-state index contributed by atoms with van der Waals surface area (Å²) in [7, 11) is 2.14. The second kappa shape index (κ2) is 35.2. The summed E-state index contributed by atoms with van der Waals surface area (Å²) in [5.74, 6) is 0.102. The quantitative estimate of drug-likeness (QED) is 0.0801. The summed E-state index contributed by atoms with van der Waals surface area (Å²) in [5, 5.41) is 39.8. The number of benzene rings is 2. The number of nitrogens with zero attached hydrogens (tertiary/aromatic N) is 3. The Labute approximate surface area is 258 Å². The molecule has 4 N–H and O–H groups in total. The van der Waals surface area contributed by atoms with Crippen LogP contribution in [0.3, 0.4) is 0 Å². The Morgan fingerprint density at radius 3 is 1.18 bits per heavy atom. The molecule has 0 radical (unpaired) electrons. The molecule has 219 valence electrons. The molecule has 0 atom stereocenters. The number of hydrogen-bond acceptors (Lipinski definition) is 8. The number of para-hydroxylation sites is 2. The Kier molecular flexibility index (Phi) is 45.5. The van der Waals surface area contributed by atoms with Crippen LogP contribution in [0.2, 0.25) is 0 Å². The van der Waals surface area contributed by atoms with Crippen molar-refractivity contribution in [2.24, 2.45) is 10.3 Å². The molecule has 2 aromatic rings. The van der Waals surface area contributed by atoms with Gasteiger partial charge in [0.2, 0.25) is 11.8 Å². The number of imide groups is 1. The van der Waals surface area contributed by atoms with Gasteiger partial charge in [0, 0.05) is 31.0 Å². The molecule has 0 aliphatic carbocycles. The molecule has 0 saturated carbocycles. The van der Waals surface area contributed by atoms with E-state index < -0.39 is 0 Å². The van der Waals surface area contributed by atoms with Crippen LogP contribution in [0.5, 0.6) is 11.5 Å². The first-order valence-electron chi connectivity index (χ1n) is 10.4. The van der Waals surface area contributed by atoms with Gasteiger partial charge in [-0.25, -0.2) is 0 Å². The number of phenolic OH excluding ortho intramolecular Hbond substituents is 2. The summed E-state index contributed by atoms with van der Waals surface area (Å²) < 4.78 is 0. The molecular formula is C26H45I2N3O6V. The van der Waals surface area contributed by atoms with Gasteiger partial charge in [0.05, 0.1) is 12.4 Å². The van der Waals surface area contributed by atoms with Crippen molar-refractivity contribution < 1.29 is 39.7 Å². The van der Waals surface area contributed by atoms with Crippen LogP contribution in [0, 0.1) is 0 Å². The Bertz CT molecular complexity index is 818. The zero-order valence-corrected chi connectivity index (χ0v) is 26.0. The van der Waals surface area contributed by atoms with Gasteiger partial charge in [0.1, 0.15) is 11.5 Å². The minimum absolute atomic E-state index is 0. The molecule has 1 aliphatic rings. The third kappa shape index (κ3) is 24.5. The molecule has 1 heterocycles. The third-order valence-corrected chi connectivity index (χ3v) is 3.57. The van der Waals surface area contributed by atoms with Crippen molar-refractivity contribution >= 4 is 64.2 Å². The second-order valence-electron chi connectivity index (χ2n) is 5.52. The maximum absolute atomic E-state index is 10.5. The number of halogens is 2. The van der Waals surface area contributed by atoms with E-state index in [1.54, 1.807) is 36.4 Å². The molecule has 1 fully saturated rings. The predicted octanol–water partition coefficient (Wildman–Crippen LogP) is 7.90. The molecule has 0 aromatic heterocycles. The molecule has 0 unspecified atom stereocenters. The Morgan fingerprint density at radius 2 is 1.00 bits per heavy atom. The Morgan fingerprint density at radius 1 is 0.737 bits per heavy atom. The Balaban J connectivity index is -0.0000000875. The van der Waals surface area contributed by atoms with E-state index in [0.29, 0.717) is 33.4 Å². The number of oxime groups is 2. The van der Waals surface area contributed by atoms with E-state index in [9.17, 15) is 9.59 Å². The first-order valence-corrected chi connectivity index (χ1v) is 19.5. The van der Waals surface area contributed by atoms with E-state index in [-0.39, 0.29) is 45.6 Å². The van der Waals surface area contributed by atoms with E-state index in [1.807, 2.05) is 27.7 Å². The van der Waals surface area contributed by atoms with Gasteiger partial charge < -0.3 is 20.6 Å². The van der Waals surface area contributed by atoms with Crippen molar-refractivity contribution in [2.45, 2.75) is 62.8 Å². The number of phenols is 2. The monoisotopic (exact) mass is 800 g/mol. The standard InChI is InChI=1S/2C7H7NO2.C5H7NO2.2C2H6.3CH4.2HI.V/c2*9-7-4-2-1-3-6(7)5-8-10;1-6-4(7)2-3-5(6)8;2*1-2;;;;;;/h2*1-5,9-10H;2-3H2,1H3;2*1-2H3;3*1H4;2*1H;/q;;;;;;;;;;+2/p-2/b2*8-5+;;;;;;;;;. The molecule has 0 spiro atoms. The van der Waals surface area contributed by atoms with Gasteiger partial charge in [-0.05, 0) is 24.3 Å². The topological polar surface area (TPSA) is 143 Å². The van der Waals surface area contributed by atoms with Crippen LogP contribution < -0.4 is 0 Å². The summed E-state index contributed by atoms with van der Waals surface area (Å²) >= 11 is 4.74. The average Bonchev–Trinajstić information content (AvgIpc) is 3.17. The molecule has 1 aliphatic heterocycles. The van der Waals surface area contributed by atoms with Crippen molar-refractivity contribution in [1.29, 1.82) is 0 Å². The van der Waals surface area contributed by atoms with Crippen molar-refractivity contribution in [3.8, 4) is 11.5 Å². The fourth-order valence-electron chi connectivity index (χ4n) is 2.01. The second-order valence-corrected chi connectivity index (χ2v) is 17.3. The Hall–Kier alpha value is -1.84. The first-order chi connectivity index (χ1) is 16.8. The van der Waals surface area contributed by atoms with E-state index in [4.69, 9.17) is 20.6 Å². The normalized spacial score (nSPS) is 10.4. The molecule has 12 heteroatoms. The van der Waals surface area contributed by atoms with Gasteiger partial charge in [-0.2, -0.15) is 0 Å². The number of carbonyl (C=O) groups excluding carboxylic acids is 2. The zero-order chi connectivity index (χ0) is 27.6. The van der Waals surface area contributed by atoms with Crippen LogP contribution in [0.25, 0.3) is 0 Å². The van der Waals surface area contributed by atoms with E-state index in [2.05, 4.69) is 50.3 Å². The number of carbonyl (C=O) groups is 2. The fraction of sp³-hybridized carbons (Fsp3) is 0.385. The molecule has 1 saturated heterocycles. The molecule has 2 aromatic carbocycles. The van der Waals surface area contributed by atoms with Crippen molar-refractivity contribution in [2.75, 3.05) is 7.05 Å². The number of rotatable bonds is 2. The summed E-state index contributed by atoms with van der Waals surface area (Å²) in [4.78, 5) is 22.1. The minimum atomic E-state index is -0.0602. The van der Waals surface area contributed by atoms with Crippen molar-refractivity contribution in [1.82, 2.24) is 4.90 Å². The maximum atomic E-state index is 10.5. The summed E-state index contributed by atoms with van der Waals surface area (Å²) in [6.45, 7) is 8.00. The SMILES string of the molecule is C.C.C.CC.CC.CN1C(=O)CCC1=O.O/N=C/c1ccccc1O.O/N=C/c1ccccc1O.[I][V][I]. The molecule has 0 bridgehead atoms. The van der Waals surface area contributed by atoms with Crippen molar-refractivity contribution in [3.05, 3.63) is 59.7 Å². The zero-order valence-electron chi connectivity index (χ0n) is 20.3. The van der Waals surface area contributed by atoms with Crippen LogP contribution in [0.15, 0.2) is 58.8 Å². The van der Waals surface area contributed by atoms with Gasteiger partial charge in [-0.1, -0.05) is 84.6 Å². The number of amides is 2. The fourth-order valence-corrected chi connectivity index (χ4v) is 2.01. The molecule has 3 rings (SSSR count). The molecule has 38 heavy (non-hydrogen) atoms. The molecule has 2 amide bonds. The van der Waals surface area contributed by atoms with Crippen LogP contribution in [0.4, 0.5) is 0 Å². The predicted molar refractivity (Wildman–Crippen MR) is 173 cm³/mol. The van der Waals surface area contributed by atoms with Crippen LogP contribution in [-0.2, 0) is 19.1 Å². The summed E-state index contributed by atoms with van der Waals surface area (Å²) in [6.07, 6.45) is 3.15. The third-order valence-electron chi connectivity index (χ3n) is 3.57. The van der Waals surface area contributed by atoms with Gasteiger partial charge in [-0.3, -0.25) is 14.5 Å². The number of likely N-dealkylation sites (tertiary alicyclic amines) is 1. The van der Waals surface area contributed by atoms with Crippen molar-refractivity contribution in [3.63, 3.8) is 0 Å². The van der Waals surface area contributed by atoms with E-state index in [1.165, 1.54) is 36.5 Å². The van der Waals surface area contributed by atoms with Gasteiger partial charge in [0.15, 0.2) is 0 Å². The van der Waals surface area contributed by atoms with Crippen LogP contribution in [0.1, 0.15) is 73.9 Å². The van der Waals surface area contributed by atoms with Gasteiger partial charge in [-0.15, -0.1) is 0 Å². The summed E-state index contributed by atoms with van der Waals surface area (Å²) in [5.41, 5.74) is 1.01. The van der Waals surface area contributed by atoms with E-state index >= 15 is 0 Å². The molecular weight excluding hydrogens is 755 g/mol. The molecule has 9 nitrogen and oxygen atoms in total. The van der Waals surface area contributed by atoms with Crippen LogP contribution >= 0.6 is 40.0 Å². The number of aromatic hydroxyl groups is 2.